The van der Waals surface area contributed by atoms with Gasteiger partial charge in [-0.15, -0.1) is 0 Å². The molecule has 1 atom stereocenters. The summed E-state index contributed by atoms with van der Waals surface area (Å²) in [5.41, 5.74) is 1.64. The summed E-state index contributed by atoms with van der Waals surface area (Å²) in [4.78, 5) is 12.2. The lowest BCUT2D eigenvalue weighted by molar-refractivity contribution is 0.0893. The zero-order chi connectivity index (χ0) is 14.7. The summed E-state index contributed by atoms with van der Waals surface area (Å²) < 4.78 is 1.87. The average Bonchev–Trinajstić information content (AvgIpc) is 2.73. The second kappa shape index (κ2) is 6.09. The van der Waals surface area contributed by atoms with Gasteiger partial charge in [0.1, 0.15) is 5.69 Å². The van der Waals surface area contributed by atoms with Crippen molar-refractivity contribution in [2.45, 2.75) is 26.4 Å². The first kappa shape index (κ1) is 14.6. The van der Waals surface area contributed by atoms with Crippen LogP contribution in [0.1, 0.15) is 30.8 Å². The molecule has 4 nitrogen and oxygen atoms in total. The summed E-state index contributed by atoms with van der Waals surface area (Å²) in [6.07, 6.45) is 0.198. The highest BCUT2D eigenvalue weighted by Crippen LogP contribution is 2.18. The fourth-order valence-electron chi connectivity index (χ4n) is 2.44. The monoisotopic (exact) mass is 274 g/mol. The van der Waals surface area contributed by atoms with E-state index in [4.69, 9.17) is 0 Å². The minimum atomic E-state index is -0.492. The molecule has 0 aliphatic heterocycles. The Hall–Kier alpha value is -1.81. The lowest BCUT2D eigenvalue weighted by atomic mass is 10.1. The van der Waals surface area contributed by atoms with Gasteiger partial charge in [0, 0.05) is 24.5 Å². The first-order chi connectivity index (χ1) is 9.49. The van der Waals surface area contributed by atoms with Gasteiger partial charge in [-0.1, -0.05) is 32.0 Å². The van der Waals surface area contributed by atoms with Gasteiger partial charge in [-0.3, -0.25) is 4.79 Å². The van der Waals surface area contributed by atoms with E-state index in [0.29, 0.717) is 24.6 Å². The predicted octanol–water partition coefficient (Wildman–Crippen LogP) is 2.32. The molecule has 1 amide bonds. The zero-order valence-electron chi connectivity index (χ0n) is 12.3. The van der Waals surface area contributed by atoms with Crippen LogP contribution in [-0.2, 0) is 7.05 Å². The number of benzene rings is 1. The van der Waals surface area contributed by atoms with Gasteiger partial charge in [0.15, 0.2) is 0 Å². The smallest absolute Gasteiger partial charge is 0.268 e. The standard InChI is InChI=1S/C16H22N2O2/c1-11(2)8-13(19)10-17-16(20)15-9-12-6-4-5-7-14(12)18(15)3/h4-7,9,11,13,19H,8,10H2,1-3H3,(H,17,20). The van der Waals surface area contributed by atoms with Gasteiger partial charge in [-0.25, -0.2) is 0 Å². The SMILES string of the molecule is CC(C)CC(O)CNC(=O)c1cc2ccccc2n1C. The molecule has 0 saturated heterocycles. The topological polar surface area (TPSA) is 54.3 Å². The molecule has 0 aliphatic carbocycles. The number of para-hydroxylation sites is 1. The number of aromatic nitrogens is 1. The number of nitrogens with one attached hydrogen (secondary N) is 1. The van der Waals surface area contributed by atoms with Crippen molar-refractivity contribution in [1.82, 2.24) is 9.88 Å². The molecule has 0 spiro atoms. The van der Waals surface area contributed by atoms with E-state index in [0.717, 1.165) is 10.9 Å². The highest BCUT2D eigenvalue weighted by atomic mass is 16.3. The zero-order valence-corrected chi connectivity index (χ0v) is 12.3. The normalized spacial score (nSPS) is 12.8. The molecule has 1 aromatic heterocycles. The minimum absolute atomic E-state index is 0.147. The molecular formula is C16H22N2O2. The number of rotatable bonds is 5. The molecule has 20 heavy (non-hydrogen) atoms. The Bertz CT molecular complexity index is 602. The third kappa shape index (κ3) is 3.20. The molecule has 0 aliphatic rings. The fraction of sp³-hybridized carbons (Fsp3) is 0.438. The van der Waals surface area contributed by atoms with Gasteiger partial charge < -0.3 is 15.0 Å². The fourth-order valence-corrected chi connectivity index (χ4v) is 2.44. The van der Waals surface area contributed by atoms with Crippen LogP contribution in [0.4, 0.5) is 0 Å². The van der Waals surface area contributed by atoms with Crippen LogP contribution in [-0.4, -0.2) is 28.2 Å². The first-order valence-electron chi connectivity index (χ1n) is 6.99. The number of amides is 1. The van der Waals surface area contributed by atoms with Crippen molar-refractivity contribution in [2.75, 3.05) is 6.54 Å². The van der Waals surface area contributed by atoms with Crippen LogP contribution in [0.25, 0.3) is 10.9 Å². The third-order valence-electron chi connectivity index (χ3n) is 3.43. The van der Waals surface area contributed by atoms with Gasteiger partial charge in [0.05, 0.1) is 6.10 Å². The number of hydrogen-bond acceptors (Lipinski definition) is 2. The summed E-state index contributed by atoms with van der Waals surface area (Å²) in [6.45, 7) is 4.39. The van der Waals surface area contributed by atoms with E-state index in [1.165, 1.54) is 0 Å². The number of carbonyl (C=O) groups is 1. The maximum Gasteiger partial charge on any atom is 0.268 e. The van der Waals surface area contributed by atoms with E-state index in [-0.39, 0.29) is 5.91 Å². The quantitative estimate of drug-likeness (QED) is 0.879. The number of carbonyl (C=O) groups excluding carboxylic acids is 1. The molecule has 2 rings (SSSR count). The van der Waals surface area contributed by atoms with E-state index in [2.05, 4.69) is 19.2 Å². The van der Waals surface area contributed by atoms with Crippen molar-refractivity contribution in [2.24, 2.45) is 13.0 Å². The Morgan fingerprint density at radius 1 is 1.35 bits per heavy atom. The van der Waals surface area contributed by atoms with Crippen LogP contribution in [0.5, 0.6) is 0 Å². The number of nitrogens with zero attached hydrogens (tertiary/aromatic N) is 1. The van der Waals surface area contributed by atoms with Crippen molar-refractivity contribution in [3.8, 4) is 0 Å². The van der Waals surface area contributed by atoms with E-state index >= 15 is 0 Å². The Balaban J connectivity index is 2.06. The highest BCUT2D eigenvalue weighted by Gasteiger charge is 2.14. The molecule has 1 aromatic carbocycles. The number of aliphatic hydroxyl groups excluding tert-OH is 1. The molecule has 0 bridgehead atoms. The maximum atomic E-state index is 12.2. The molecule has 2 aromatic rings. The summed E-state index contributed by atoms with van der Waals surface area (Å²) >= 11 is 0. The lowest BCUT2D eigenvalue weighted by Gasteiger charge is -2.14. The summed E-state index contributed by atoms with van der Waals surface area (Å²) in [6, 6.07) is 9.76. The molecule has 1 heterocycles. The van der Waals surface area contributed by atoms with Gasteiger partial charge in [0.25, 0.3) is 5.91 Å². The van der Waals surface area contributed by atoms with Crippen LogP contribution >= 0.6 is 0 Å². The summed E-state index contributed by atoms with van der Waals surface area (Å²) in [5, 5.41) is 13.6. The van der Waals surface area contributed by atoms with Gasteiger partial charge in [-0.2, -0.15) is 0 Å². The van der Waals surface area contributed by atoms with Crippen LogP contribution in [0, 0.1) is 5.92 Å². The van der Waals surface area contributed by atoms with Crippen molar-refractivity contribution >= 4 is 16.8 Å². The van der Waals surface area contributed by atoms with Crippen molar-refractivity contribution in [1.29, 1.82) is 0 Å². The Labute approximate surface area is 119 Å². The van der Waals surface area contributed by atoms with Crippen molar-refractivity contribution < 1.29 is 9.90 Å². The second-order valence-corrected chi connectivity index (χ2v) is 5.64. The molecule has 0 fully saturated rings. The van der Waals surface area contributed by atoms with E-state index in [9.17, 15) is 9.90 Å². The number of aryl methyl sites for hydroxylation is 1. The van der Waals surface area contributed by atoms with Gasteiger partial charge in [-0.05, 0) is 24.5 Å². The second-order valence-electron chi connectivity index (χ2n) is 5.64. The minimum Gasteiger partial charge on any atom is -0.391 e. The molecule has 1 unspecified atom stereocenters. The molecule has 4 heteroatoms. The summed E-state index contributed by atoms with van der Waals surface area (Å²) in [5.74, 6) is 0.269. The average molecular weight is 274 g/mol. The molecular weight excluding hydrogens is 252 g/mol. The lowest BCUT2D eigenvalue weighted by Crippen LogP contribution is -2.33. The van der Waals surface area contributed by atoms with Gasteiger partial charge >= 0.3 is 0 Å². The number of fused-ring (bicyclic) bond motifs is 1. The molecule has 2 N–H and O–H groups in total. The molecule has 0 saturated carbocycles. The van der Waals surface area contributed by atoms with Crippen molar-refractivity contribution in [3.05, 3.63) is 36.0 Å². The van der Waals surface area contributed by atoms with E-state index < -0.39 is 6.10 Å². The Morgan fingerprint density at radius 3 is 2.70 bits per heavy atom. The molecule has 0 radical (unpaired) electrons. The van der Waals surface area contributed by atoms with Crippen molar-refractivity contribution in [3.63, 3.8) is 0 Å². The Kier molecular flexibility index (Phi) is 4.45. The highest BCUT2D eigenvalue weighted by molar-refractivity contribution is 5.98. The number of aliphatic hydroxyl groups is 1. The van der Waals surface area contributed by atoms with Crippen LogP contribution in [0.15, 0.2) is 30.3 Å². The third-order valence-corrected chi connectivity index (χ3v) is 3.43. The molecule has 108 valence electrons. The van der Waals surface area contributed by atoms with E-state index in [1.807, 2.05) is 41.9 Å². The van der Waals surface area contributed by atoms with E-state index in [1.54, 1.807) is 0 Å². The van der Waals surface area contributed by atoms with Crippen LogP contribution < -0.4 is 5.32 Å². The summed E-state index contributed by atoms with van der Waals surface area (Å²) in [7, 11) is 1.88. The maximum absolute atomic E-state index is 12.2. The van der Waals surface area contributed by atoms with Crippen LogP contribution in [0.3, 0.4) is 0 Å². The van der Waals surface area contributed by atoms with Gasteiger partial charge in [0.2, 0.25) is 0 Å². The largest absolute Gasteiger partial charge is 0.391 e. The van der Waals surface area contributed by atoms with Crippen LogP contribution in [0.2, 0.25) is 0 Å². The predicted molar refractivity (Wildman–Crippen MR) is 80.7 cm³/mol. The number of hydrogen-bond donors (Lipinski definition) is 2. The first-order valence-corrected chi connectivity index (χ1v) is 6.99. The Morgan fingerprint density at radius 2 is 2.05 bits per heavy atom.